The summed E-state index contributed by atoms with van der Waals surface area (Å²) in [5, 5.41) is 7.89. The maximum Gasteiger partial charge on any atom is 0.230 e. The number of hydrogen-bond donors (Lipinski definition) is 1. The Hall–Kier alpha value is -2.62. The molecule has 0 aliphatic heterocycles. The average Bonchev–Trinajstić information content (AvgIpc) is 2.81. The van der Waals surface area contributed by atoms with Crippen molar-refractivity contribution in [3.63, 3.8) is 0 Å². The number of rotatable bonds is 3. The lowest BCUT2D eigenvalue weighted by molar-refractivity contribution is -0.115. The summed E-state index contributed by atoms with van der Waals surface area (Å²) in [7, 11) is 0. The van der Waals surface area contributed by atoms with Crippen molar-refractivity contribution in [2.75, 3.05) is 5.32 Å². The van der Waals surface area contributed by atoms with E-state index in [4.69, 9.17) is 4.52 Å². The molecule has 0 spiro atoms. The second-order valence-corrected chi connectivity index (χ2v) is 5.68. The molecule has 2 aromatic carbocycles. The molecule has 1 amide bonds. The van der Waals surface area contributed by atoms with Gasteiger partial charge in [-0.1, -0.05) is 23.4 Å². The maximum absolute atomic E-state index is 12.2. The van der Waals surface area contributed by atoms with E-state index in [1.807, 2.05) is 51.1 Å². The smallest absolute Gasteiger partial charge is 0.230 e. The summed E-state index contributed by atoms with van der Waals surface area (Å²) < 4.78 is 5.35. The van der Waals surface area contributed by atoms with Crippen LogP contribution in [0.5, 0.6) is 0 Å². The number of aromatic nitrogens is 1. The van der Waals surface area contributed by atoms with Crippen LogP contribution in [0, 0.1) is 20.8 Å². The first-order valence-corrected chi connectivity index (χ1v) is 7.25. The summed E-state index contributed by atoms with van der Waals surface area (Å²) in [4.78, 5) is 12.2. The number of carbonyl (C=O) groups excluding carboxylic acids is 1. The number of amides is 1. The molecular formula is C18H18N2O2. The van der Waals surface area contributed by atoms with Crippen LogP contribution in [0.2, 0.25) is 0 Å². The summed E-state index contributed by atoms with van der Waals surface area (Å²) in [6, 6.07) is 11.7. The van der Waals surface area contributed by atoms with Crippen LogP contribution in [0.3, 0.4) is 0 Å². The fraction of sp³-hybridized carbons (Fsp3) is 0.222. The van der Waals surface area contributed by atoms with Gasteiger partial charge in [-0.3, -0.25) is 4.79 Å². The van der Waals surface area contributed by atoms with Crippen LogP contribution in [0.25, 0.3) is 11.0 Å². The number of fused-ring (bicyclic) bond motifs is 1. The first-order valence-electron chi connectivity index (χ1n) is 7.25. The number of benzene rings is 2. The Morgan fingerprint density at radius 2 is 1.95 bits per heavy atom. The van der Waals surface area contributed by atoms with Crippen molar-refractivity contribution in [1.29, 1.82) is 0 Å². The van der Waals surface area contributed by atoms with Crippen LogP contribution in [0.1, 0.15) is 22.4 Å². The molecule has 3 aromatic rings. The van der Waals surface area contributed by atoms with Gasteiger partial charge in [0, 0.05) is 11.1 Å². The lowest BCUT2D eigenvalue weighted by Gasteiger charge is -2.05. The van der Waals surface area contributed by atoms with E-state index in [1.165, 1.54) is 0 Å². The van der Waals surface area contributed by atoms with Gasteiger partial charge in [-0.05, 0) is 55.7 Å². The largest absolute Gasteiger partial charge is 0.356 e. The minimum absolute atomic E-state index is 0.0965. The van der Waals surface area contributed by atoms with E-state index in [1.54, 1.807) is 0 Å². The van der Waals surface area contributed by atoms with E-state index in [9.17, 15) is 4.79 Å². The fourth-order valence-corrected chi connectivity index (χ4v) is 2.72. The highest BCUT2D eigenvalue weighted by molar-refractivity contribution is 5.95. The molecule has 3 rings (SSSR count). The molecule has 0 radical (unpaired) electrons. The van der Waals surface area contributed by atoms with E-state index >= 15 is 0 Å². The van der Waals surface area contributed by atoms with Gasteiger partial charge in [0.15, 0.2) is 5.58 Å². The quantitative estimate of drug-likeness (QED) is 0.796. The summed E-state index contributed by atoms with van der Waals surface area (Å²) in [6.07, 6.45) is 0.199. The van der Waals surface area contributed by atoms with Gasteiger partial charge in [-0.15, -0.1) is 0 Å². The number of nitrogens with zero attached hydrogens (tertiary/aromatic N) is 1. The molecule has 0 aliphatic rings. The van der Waals surface area contributed by atoms with Gasteiger partial charge in [0.25, 0.3) is 0 Å². The SMILES string of the molecule is Cc1cccc(NC(=O)Cc2noc3cc(C)cc(C)c23)c1. The molecule has 22 heavy (non-hydrogen) atoms. The zero-order chi connectivity index (χ0) is 15.7. The average molecular weight is 294 g/mol. The van der Waals surface area contributed by atoms with Crippen molar-refractivity contribution in [1.82, 2.24) is 5.16 Å². The second kappa shape index (κ2) is 5.64. The number of aryl methyl sites for hydroxylation is 3. The number of nitrogens with one attached hydrogen (secondary N) is 1. The highest BCUT2D eigenvalue weighted by Crippen LogP contribution is 2.24. The Bertz CT molecular complexity index is 849. The Kier molecular flexibility index (Phi) is 3.67. The Morgan fingerprint density at radius 1 is 1.14 bits per heavy atom. The second-order valence-electron chi connectivity index (χ2n) is 5.68. The monoisotopic (exact) mass is 294 g/mol. The predicted octanol–water partition coefficient (Wildman–Crippen LogP) is 3.93. The van der Waals surface area contributed by atoms with E-state index < -0.39 is 0 Å². The lowest BCUT2D eigenvalue weighted by atomic mass is 10.0. The van der Waals surface area contributed by atoms with Gasteiger partial charge < -0.3 is 9.84 Å². The van der Waals surface area contributed by atoms with Crippen LogP contribution in [0.15, 0.2) is 40.9 Å². The van der Waals surface area contributed by atoms with E-state index in [-0.39, 0.29) is 12.3 Å². The van der Waals surface area contributed by atoms with Gasteiger partial charge in [-0.25, -0.2) is 0 Å². The molecule has 4 heteroatoms. The van der Waals surface area contributed by atoms with Crippen LogP contribution in [-0.2, 0) is 11.2 Å². The van der Waals surface area contributed by atoms with Crippen LogP contribution in [0.4, 0.5) is 5.69 Å². The summed E-state index contributed by atoms with van der Waals surface area (Å²) in [6.45, 7) is 6.01. The zero-order valence-corrected chi connectivity index (χ0v) is 12.9. The molecular weight excluding hydrogens is 276 g/mol. The summed E-state index contributed by atoms with van der Waals surface area (Å²) >= 11 is 0. The first kappa shape index (κ1) is 14.3. The van der Waals surface area contributed by atoms with Gasteiger partial charge in [0.2, 0.25) is 5.91 Å². The zero-order valence-electron chi connectivity index (χ0n) is 12.9. The minimum Gasteiger partial charge on any atom is -0.356 e. The molecule has 0 unspecified atom stereocenters. The molecule has 1 heterocycles. The molecule has 112 valence electrons. The molecule has 0 saturated heterocycles. The highest BCUT2D eigenvalue weighted by Gasteiger charge is 2.15. The van der Waals surface area contributed by atoms with Crippen molar-refractivity contribution in [3.05, 3.63) is 58.8 Å². The molecule has 0 saturated carbocycles. The molecule has 0 atom stereocenters. The van der Waals surface area contributed by atoms with E-state index in [0.29, 0.717) is 5.69 Å². The summed E-state index contributed by atoms with van der Waals surface area (Å²) in [5.74, 6) is -0.0965. The number of carbonyl (C=O) groups is 1. The van der Waals surface area contributed by atoms with Crippen LogP contribution >= 0.6 is 0 Å². The van der Waals surface area contributed by atoms with Crippen molar-refractivity contribution in [3.8, 4) is 0 Å². The van der Waals surface area contributed by atoms with Crippen molar-refractivity contribution in [2.45, 2.75) is 27.2 Å². The fourth-order valence-electron chi connectivity index (χ4n) is 2.72. The Balaban J connectivity index is 1.83. The summed E-state index contributed by atoms with van der Waals surface area (Å²) in [5.41, 5.74) is 5.52. The maximum atomic E-state index is 12.2. The van der Waals surface area contributed by atoms with Crippen molar-refractivity contribution >= 4 is 22.6 Å². The number of hydrogen-bond acceptors (Lipinski definition) is 3. The molecule has 4 nitrogen and oxygen atoms in total. The van der Waals surface area contributed by atoms with Crippen LogP contribution < -0.4 is 5.32 Å². The normalized spacial score (nSPS) is 10.9. The standard InChI is InChI=1S/C18H18N2O2/c1-11-5-4-6-14(8-11)19-17(21)10-15-18-13(3)7-12(2)9-16(18)22-20-15/h4-9H,10H2,1-3H3,(H,19,21). The molecule has 0 bridgehead atoms. The van der Waals surface area contributed by atoms with Crippen LogP contribution in [-0.4, -0.2) is 11.1 Å². The molecule has 1 aromatic heterocycles. The molecule has 0 fully saturated rings. The van der Waals surface area contributed by atoms with Gasteiger partial charge in [-0.2, -0.15) is 0 Å². The first-order chi connectivity index (χ1) is 10.5. The van der Waals surface area contributed by atoms with Crippen molar-refractivity contribution < 1.29 is 9.32 Å². The van der Waals surface area contributed by atoms with E-state index in [0.717, 1.165) is 33.3 Å². The van der Waals surface area contributed by atoms with Gasteiger partial charge in [0.05, 0.1) is 6.42 Å². The third kappa shape index (κ3) is 2.86. The Labute approximate surface area is 129 Å². The number of anilines is 1. The predicted molar refractivity (Wildman–Crippen MR) is 87.0 cm³/mol. The molecule has 0 aliphatic carbocycles. The van der Waals surface area contributed by atoms with Crippen molar-refractivity contribution in [2.24, 2.45) is 0 Å². The Morgan fingerprint density at radius 3 is 2.73 bits per heavy atom. The third-order valence-electron chi connectivity index (χ3n) is 3.62. The topological polar surface area (TPSA) is 55.1 Å². The van der Waals surface area contributed by atoms with E-state index in [2.05, 4.69) is 16.5 Å². The lowest BCUT2D eigenvalue weighted by Crippen LogP contribution is -2.14. The third-order valence-corrected chi connectivity index (χ3v) is 3.62. The minimum atomic E-state index is -0.0965. The highest BCUT2D eigenvalue weighted by atomic mass is 16.5. The molecule has 1 N–H and O–H groups in total. The van der Waals surface area contributed by atoms with Gasteiger partial charge >= 0.3 is 0 Å². The van der Waals surface area contributed by atoms with Gasteiger partial charge in [0.1, 0.15) is 5.69 Å².